The zero-order valence-electron chi connectivity index (χ0n) is 15.6. The van der Waals surface area contributed by atoms with Crippen LogP contribution in [0.2, 0.25) is 0 Å². The minimum absolute atomic E-state index is 0.0690. The fraction of sp³-hybridized carbons (Fsp3) is 0.400. The number of fused-ring (bicyclic) bond motifs is 1. The van der Waals surface area contributed by atoms with Gasteiger partial charge in [0.15, 0.2) is 0 Å². The molecule has 2 amide bonds. The van der Waals surface area contributed by atoms with Crippen molar-refractivity contribution in [3.8, 4) is 0 Å². The fourth-order valence-corrected chi connectivity index (χ4v) is 4.77. The largest absolute Gasteiger partial charge is 0.466 e. The average molecular weight is 385 g/mol. The summed E-state index contributed by atoms with van der Waals surface area (Å²) in [5.74, 6) is -7.92. The van der Waals surface area contributed by atoms with Gasteiger partial charge in [-0.25, -0.2) is 4.79 Å². The molecule has 1 saturated carbocycles. The van der Waals surface area contributed by atoms with Gasteiger partial charge in [0.25, 0.3) is 0 Å². The fourth-order valence-electron chi connectivity index (χ4n) is 4.77. The molecular formula is C20H19NO7. The number of hydrogen-bond acceptors (Lipinski definition) is 7. The van der Waals surface area contributed by atoms with Crippen LogP contribution in [0.5, 0.6) is 0 Å². The van der Waals surface area contributed by atoms with Gasteiger partial charge in [-0.05, 0) is 12.1 Å². The second-order valence-electron chi connectivity index (χ2n) is 6.96. The van der Waals surface area contributed by atoms with Crippen LogP contribution in [0, 0.1) is 23.7 Å². The summed E-state index contributed by atoms with van der Waals surface area (Å²) >= 11 is 0. The lowest BCUT2D eigenvalue weighted by Crippen LogP contribution is -2.65. The Labute approximate surface area is 161 Å². The number of imide groups is 1. The van der Waals surface area contributed by atoms with Crippen LogP contribution < -0.4 is 4.90 Å². The van der Waals surface area contributed by atoms with E-state index in [2.05, 4.69) is 0 Å². The van der Waals surface area contributed by atoms with E-state index in [-0.39, 0.29) is 5.57 Å². The number of methoxy groups -OCH3 is 3. The Morgan fingerprint density at radius 1 is 0.964 bits per heavy atom. The number of amides is 2. The number of nitrogens with zero attached hydrogens (tertiary/aromatic N) is 1. The van der Waals surface area contributed by atoms with Gasteiger partial charge in [0.2, 0.25) is 23.4 Å². The first-order chi connectivity index (χ1) is 13.4. The van der Waals surface area contributed by atoms with E-state index in [9.17, 15) is 19.2 Å². The molecule has 0 radical (unpaired) electrons. The Hall–Kier alpha value is -2.84. The van der Waals surface area contributed by atoms with Gasteiger partial charge < -0.3 is 14.2 Å². The number of rotatable bonds is 4. The van der Waals surface area contributed by atoms with Crippen molar-refractivity contribution in [2.24, 2.45) is 23.7 Å². The third-order valence-corrected chi connectivity index (χ3v) is 5.94. The molecular weight excluding hydrogens is 366 g/mol. The number of ether oxygens (including phenoxy) is 3. The van der Waals surface area contributed by atoms with Gasteiger partial charge in [-0.2, -0.15) is 0 Å². The molecule has 1 heterocycles. The van der Waals surface area contributed by atoms with E-state index in [0.29, 0.717) is 5.69 Å². The maximum Gasteiger partial charge on any atom is 0.334 e. The first-order valence-electron chi connectivity index (χ1n) is 8.80. The van der Waals surface area contributed by atoms with Crippen molar-refractivity contribution in [3.05, 3.63) is 42.0 Å². The zero-order chi connectivity index (χ0) is 20.2. The molecule has 3 aliphatic carbocycles. The minimum Gasteiger partial charge on any atom is -0.466 e. The van der Waals surface area contributed by atoms with Gasteiger partial charge in [-0.1, -0.05) is 24.3 Å². The minimum atomic E-state index is -1.73. The van der Waals surface area contributed by atoms with Crippen LogP contribution in [-0.2, 0) is 33.4 Å². The highest BCUT2D eigenvalue weighted by atomic mass is 16.7. The highest BCUT2D eigenvalue weighted by Crippen LogP contribution is 2.56. The van der Waals surface area contributed by atoms with E-state index < -0.39 is 53.0 Å². The molecule has 4 aliphatic rings. The topological polar surface area (TPSA) is 99.2 Å². The third-order valence-electron chi connectivity index (χ3n) is 5.94. The summed E-state index contributed by atoms with van der Waals surface area (Å²) in [6.07, 6.45) is 1.49. The molecule has 2 fully saturated rings. The number of carbonyl (C=O) groups excluding carboxylic acids is 4. The van der Waals surface area contributed by atoms with Crippen LogP contribution in [0.4, 0.5) is 5.69 Å². The predicted octanol–water partition coefficient (Wildman–Crippen LogP) is 0.709. The van der Waals surface area contributed by atoms with E-state index in [1.807, 2.05) is 0 Å². The molecule has 2 bridgehead atoms. The number of anilines is 1. The molecule has 146 valence electrons. The Kier molecular flexibility index (Phi) is 4.20. The number of hydrogen-bond donors (Lipinski definition) is 0. The summed E-state index contributed by atoms with van der Waals surface area (Å²) in [6, 6.07) is 8.48. The highest BCUT2D eigenvalue weighted by Gasteiger charge is 2.71. The number of ketones is 1. The molecule has 1 aromatic rings. The van der Waals surface area contributed by atoms with Gasteiger partial charge in [0.05, 0.1) is 36.5 Å². The smallest absolute Gasteiger partial charge is 0.334 e. The van der Waals surface area contributed by atoms with E-state index in [4.69, 9.17) is 14.2 Å². The molecule has 4 unspecified atom stereocenters. The van der Waals surface area contributed by atoms with Crippen molar-refractivity contribution in [2.45, 2.75) is 5.79 Å². The van der Waals surface area contributed by atoms with Gasteiger partial charge in [-0.15, -0.1) is 0 Å². The SMILES string of the molecule is COC(=O)C1=CC2C3C(=O)N(c4ccccc4)C(=O)C3C1C(=O)C2(OC)OC. The molecule has 28 heavy (non-hydrogen) atoms. The van der Waals surface area contributed by atoms with Crippen molar-refractivity contribution in [1.29, 1.82) is 0 Å². The van der Waals surface area contributed by atoms with Gasteiger partial charge in [0, 0.05) is 19.8 Å². The summed E-state index contributed by atoms with van der Waals surface area (Å²) in [4.78, 5) is 53.1. The first-order valence-corrected chi connectivity index (χ1v) is 8.80. The molecule has 0 spiro atoms. The molecule has 8 heteroatoms. The quantitative estimate of drug-likeness (QED) is 0.428. The lowest BCUT2D eigenvalue weighted by Gasteiger charge is -2.50. The molecule has 0 aromatic heterocycles. The summed E-state index contributed by atoms with van der Waals surface area (Å²) < 4.78 is 15.6. The standard InChI is InChI=1S/C20H19NO7/c1-26-19(25)11-9-12-14-15(13(11)16(22)20(12,27-2)28-3)18(24)21(17(14)23)10-7-5-4-6-8-10/h4-9,12-15H,1-3H3. The summed E-state index contributed by atoms with van der Waals surface area (Å²) in [5.41, 5.74) is 0.485. The zero-order valence-corrected chi connectivity index (χ0v) is 15.6. The van der Waals surface area contributed by atoms with Gasteiger partial charge >= 0.3 is 5.97 Å². The molecule has 0 N–H and O–H groups in total. The highest BCUT2D eigenvalue weighted by molar-refractivity contribution is 6.25. The van der Waals surface area contributed by atoms with Gasteiger partial charge in [-0.3, -0.25) is 19.3 Å². The average Bonchev–Trinajstić information content (AvgIpc) is 3.00. The molecule has 4 atom stereocenters. The molecule has 1 aliphatic heterocycles. The number of para-hydroxylation sites is 1. The van der Waals surface area contributed by atoms with E-state index in [1.54, 1.807) is 30.3 Å². The van der Waals surface area contributed by atoms with Crippen LogP contribution in [0.15, 0.2) is 42.0 Å². The van der Waals surface area contributed by atoms with Crippen molar-refractivity contribution in [3.63, 3.8) is 0 Å². The van der Waals surface area contributed by atoms with Crippen LogP contribution in [0.1, 0.15) is 0 Å². The Balaban J connectivity index is 1.88. The Bertz CT molecular complexity index is 902. The lowest BCUT2D eigenvalue weighted by atomic mass is 9.56. The van der Waals surface area contributed by atoms with Crippen molar-refractivity contribution in [1.82, 2.24) is 0 Å². The summed E-state index contributed by atoms with van der Waals surface area (Å²) in [5, 5.41) is 0. The molecule has 1 saturated heterocycles. The van der Waals surface area contributed by atoms with Crippen LogP contribution in [-0.4, -0.2) is 50.7 Å². The first kappa shape index (κ1) is 18.5. The van der Waals surface area contributed by atoms with Crippen molar-refractivity contribution < 1.29 is 33.4 Å². The number of esters is 1. The third kappa shape index (κ3) is 2.12. The monoisotopic (exact) mass is 385 g/mol. The Morgan fingerprint density at radius 3 is 2.14 bits per heavy atom. The number of carbonyl (C=O) groups is 4. The van der Waals surface area contributed by atoms with E-state index in [0.717, 1.165) is 4.90 Å². The van der Waals surface area contributed by atoms with Crippen molar-refractivity contribution in [2.75, 3.05) is 26.2 Å². The van der Waals surface area contributed by atoms with E-state index in [1.165, 1.54) is 27.4 Å². The van der Waals surface area contributed by atoms with Crippen molar-refractivity contribution >= 4 is 29.3 Å². The maximum atomic E-state index is 13.3. The normalized spacial score (nSPS) is 30.3. The summed E-state index contributed by atoms with van der Waals surface area (Å²) in [6.45, 7) is 0. The van der Waals surface area contributed by atoms with Gasteiger partial charge in [0.1, 0.15) is 0 Å². The predicted molar refractivity (Wildman–Crippen MR) is 94.8 cm³/mol. The molecule has 8 nitrogen and oxygen atoms in total. The number of benzene rings is 1. The number of Topliss-reactive ketones (excluding diaryl/α,β-unsaturated/α-hetero) is 1. The molecule has 5 rings (SSSR count). The van der Waals surface area contributed by atoms with E-state index >= 15 is 0 Å². The second kappa shape index (κ2) is 6.35. The Morgan fingerprint density at radius 2 is 1.57 bits per heavy atom. The molecule has 1 aromatic carbocycles. The lowest BCUT2D eigenvalue weighted by molar-refractivity contribution is -0.247. The summed E-state index contributed by atoms with van der Waals surface area (Å²) in [7, 11) is 3.81. The maximum absolute atomic E-state index is 13.3. The van der Waals surface area contributed by atoms with Crippen LogP contribution in [0.25, 0.3) is 0 Å². The van der Waals surface area contributed by atoms with Crippen LogP contribution in [0.3, 0.4) is 0 Å². The van der Waals surface area contributed by atoms with Crippen LogP contribution >= 0.6 is 0 Å². The second-order valence-corrected chi connectivity index (χ2v) is 6.96.